The van der Waals surface area contributed by atoms with Gasteiger partial charge in [0.15, 0.2) is 0 Å². The molecule has 0 radical (unpaired) electrons. The van der Waals surface area contributed by atoms with Gasteiger partial charge in [0, 0.05) is 49.1 Å². The van der Waals surface area contributed by atoms with Crippen molar-refractivity contribution in [1.29, 1.82) is 0 Å². The van der Waals surface area contributed by atoms with Crippen molar-refractivity contribution in [1.82, 2.24) is 25.2 Å². The van der Waals surface area contributed by atoms with E-state index < -0.39 is 11.1 Å². The van der Waals surface area contributed by atoms with Crippen LogP contribution in [0.4, 0.5) is 4.79 Å². The molecular formula is C20H23N5O2S. The minimum absolute atomic E-state index is 0.160. The first-order valence-electron chi connectivity index (χ1n) is 9.49. The molecule has 3 saturated heterocycles. The molecule has 7 nitrogen and oxygen atoms in total. The number of carbonyl (C=O) groups is 1. The Morgan fingerprint density at radius 1 is 1.36 bits per heavy atom. The third-order valence-electron chi connectivity index (χ3n) is 5.42. The van der Waals surface area contributed by atoms with Crippen molar-refractivity contribution in [2.24, 2.45) is 0 Å². The predicted molar refractivity (Wildman–Crippen MR) is 108 cm³/mol. The van der Waals surface area contributed by atoms with E-state index in [0.29, 0.717) is 6.54 Å². The zero-order valence-electron chi connectivity index (χ0n) is 16.2. The minimum atomic E-state index is -0.513. The number of aromatic nitrogens is 3. The highest BCUT2D eigenvalue weighted by Gasteiger charge is 2.60. The molecule has 2 bridgehead atoms. The van der Waals surface area contributed by atoms with Gasteiger partial charge in [-0.1, -0.05) is 0 Å². The van der Waals surface area contributed by atoms with Gasteiger partial charge in [-0.15, -0.1) is 11.3 Å². The summed E-state index contributed by atoms with van der Waals surface area (Å²) in [5.41, 5.74) is 1.04. The first-order valence-corrected chi connectivity index (χ1v) is 10.3. The fourth-order valence-corrected chi connectivity index (χ4v) is 5.42. The van der Waals surface area contributed by atoms with E-state index in [-0.39, 0.29) is 12.1 Å². The number of amides is 1. The molecule has 6 heterocycles. The molecule has 8 heteroatoms. The fraction of sp³-hybridized carbons (Fsp3) is 0.450. The highest BCUT2D eigenvalue weighted by molar-refractivity contribution is 7.15. The maximum atomic E-state index is 12.9. The second kappa shape index (κ2) is 6.02. The molecule has 2 N–H and O–H groups in total. The molecule has 3 aromatic heterocycles. The van der Waals surface area contributed by atoms with Gasteiger partial charge in [-0.2, -0.15) is 0 Å². The Hall–Kier alpha value is -2.45. The molecule has 6 rings (SSSR count). The number of pyridine rings is 1. The normalized spacial score (nSPS) is 24.2. The lowest BCUT2D eigenvalue weighted by Crippen LogP contribution is -2.75. The van der Waals surface area contributed by atoms with E-state index in [1.54, 1.807) is 17.5 Å². The van der Waals surface area contributed by atoms with E-state index in [1.807, 2.05) is 50.2 Å². The van der Waals surface area contributed by atoms with Crippen LogP contribution in [0.5, 0.6) is 0 Å². The number of carbonyl (C=O) groups excluding carboxylic acids is 1. The van der Waals surface area contributed by atoms with Crippen LogP contribution in [-0.2, 0) is 10.3 Å². The Kier molecular flexibility index (Phi) is 3.79. The maximum Gasteiger partial charge on any atom is 0.411 e. The van der Waals surface area contributed by atoms with Crippen LogP contribution < -0.4 is 5.32 Å². The van der Waals surface area contributed by atoms with E-state index >= 15 is 0 Å². The van der Waals surface area contributed by atoms with Gasteiger partial charge in [0.1, 0.15) is 21.8 Å². The lowest BCUT2D eigenvalue weighted by molar-refractivity contribution is -0.103. The smallest absolute Gasteiger partial charge is 0.411 e. The summed E-state index contributed by atoms with van der Waals surface area (Å²) in [6, 6.07) is 4.21. The van der Waals surface area contributed by atoms with Crippen molar-refractivity contribution >= 4 is 28.5 Å². The predicted octanol–water partition coefficient (Wildman–Crippen LogP) is 3.49. The van der Waals surface area contributed by atoms with Gasteiger partial charge in [-0.3, -0.25) is 4.90 Å². The number of aromatic amines is 1. The third kappa shape index (κ3) is 2.62. The van der Waals surface area contributed by atoms with E-state index in [2.05, 4.69) is 15.3 Å². The number of hydrogen-bond acceptors (Lipinski definition) is 6. The van der Waals surface area contributed by atoms with Gasteiger partial charge < -0.3 is 15.0 Å². The SMILES string of the molecule is CC(C)(C)OC(=O)N1C2CNCC1(c1ncc(-c3ccnc4[nH]ccc34)s1)C2. The summed E-state index contributed by atoms with van der Waals surface area (Å²) in [5.74, 6) is 0. The fourth-order valence-electron chi connectivity index (χ4n) is 4.27. The first-order chi connectivity index (χ1) is 13.4. The Morgan fingerprint density at radius 3 is 3.00 bits per heavy atom. The summed E-state index contributed by atoms with van der Waals surface area (Å²) in [5, 5.41) is 5.48. The molecule has 3 fully saturated rings. The number of nitrogens with zero attached hydrogens (tertiary/aromatic N) is 3. The van der Waals surface area contributed by atoms with Gasteiger partial charge in [-0.05, 0) is 32.9 Å². The van der Waals surface area contributed by atoms with Gasteiger partial charge in [0.2, 0.25) is 0 Å². The lowest BCUT2D eigenvalue weighted by atomic mass is 9.75. The molecule has 0 aromatic carbocycles. The lowest BCUT2D eigenvalue weighted by Gasteiger charge is -2.60. The number of fused-ring (bicyclic) bond motifs is 3. The zero-order chi connectivity index (χ0) is 19.5. The van der Waals surface area contributed by atoms with Crippen molar-refractivity contribution in [3.63, 3.8) is 0 Å². The molecule has 2 atom stereocenters. The Labute approximate surface area is 167 Å². The summed E-state index contributed by atoms with van der Waals surface area (Å²) in [6.07, 6.45) is 6.28. The van der Waals surface area contributed by atoms with Crippen molar-refractivity contribution in [2.45, 2.75) is 44.4 Å². The summed E-state index contributed by atoms with van der Waals surface area (Å²) in [6.45, 7) is 7.20. The quantitative estimate of drug-likeness (QED) is 0.692. The largest absolute Gasteiger partial charge is 0.444 e. The van der Waals surface area contributed by atoms with Crippen molar-refractivity contribution < 1.29 is 9.53 Å². The second-order valence-electron chi connectivity index (χ2n) is 8.50. The van der Waals surface area contributed by atoms with E-state index in [4.69, 9.17) is 9.72 Å². The monoisotopic (exact) mass is 397 g/mol. The van der Waals surface area contributed by atoms with E-state index in [9.17, 15) is 4.79 Å². The number of rotatable bonds is 2. The van der Waals surface area contributed by atoms with Crippen LogP contribution in [0.2, 0.25) is 0 Å². The van der Waals surface area contributed by atoms with Crippen LogP contribution in [0.15, 0.2) is 30.7 Å². The van der Waals surface area contributed by atoms with Crippen LogP contribution in [0.3, 0.4) is 0 Å². The second-order valence-corrected chi connectivity index (χ2v) is 9.53. The molecule has 0 spiro atoms. The molecule has 3 aliphatic heterocycles. The molecule has 146 valence electrons. The highest BCUT2D eigenvalue weighted by atomic mass is 32.1. The molecule has 28 heavy (non-hydrogen) atoms. The molecule has 0 saturated carbocycles. The number of thiazole rings is 1. The molecule has 3 aromatic rings. The van der Waals surface area contributed by atoms with Gasteiger partial charge in [0.05, 0.1) is 10.9 Å². The molecule has 0 aliphatic carbocycles. The first kappa shape index (κ1) is 17.6. The van der Waals surface area contributed by atoms with E-state index in [0.717, 1.165) is 39.4 Å². The number of piperazine rings is 1. The minimum Gasteiger partial charge on any atom is -0.444 e. The van der Waals surface area contributed by atoms with Crippen LogP contribution in [-0.4, -0.2) is 50.7 Å². The number of H-pyrrole nitrogens is 1. The third-order valence-corrected chi connectivity index (χ3v) is 6.64. The summed E-state index contributed by atoms with van der Waals surface area (Å²) in [7, 11) is 0. The van der Waals surface area contributed by atoms with Crippen molar-refractivity contribution in [3.05, 3.63) is 35.7 Å². The average Bonchev–Trinajstić information content (AvgIpc) is 3.29. The van der Waals surface area contributed by atoms with Crippen LogP contribution >= 0.6 is 11.3 Å². The van der Waals surface area contributed by atoms with Crippen LogP contribution in [0, 0.1) is 0 Å². The Bertz CT molecular complexity index is 1050. The standard InChI is InChI=1S/C20H23N5O2S/c1-19(2,3)27-18(26)25-12-8-20(25,11-21-9-12)17-24-10-15(28-17)13-4-6-22-16-14(13)5-7-23-16/h4-7,10,12,21H,8-9,11H2,1-3H3,(H,22,23). The topological polar surface area (TPSA) is 83.1 Å². The van der Waals surface area contributed by atoms with E-state index in [1.165, 1.54) is 0 Å². The number of piperidine rings is 1. The highest BCUT2D eigenvalue weighted by Crippen LogP contribution is 2.50. The van der Waals surface area contributed by atoms with Crippen molar-refractivity contribution in [2.75, 3.05) is 13.1 Å². The maximum absolute atomic E-state index is 12.9. The van der Waals surface area contributed by atoms with Crippen molar-refractivity contribution in [3.8, 4) is 10.4 Å². The zero-order valence-corrected chi connectivity index (χ0v) is 17.0. The summed E-state index contributed by atoms with van der Waals surface area (Å²) >= 11 is 1.64. The molecular weight excluding hydrogens is 374 g/mol. The van der Waals surface area contributed by atoms with Crippen LogP contribution in [0.25, 0.3) is 21.5 Å². The summed E-state index contributed by atoms with van der Waals surface area (Å²) < 4.78 is 5.69. The molecule has 3 aliphatic rings. The number of hydrogen-bond donors (Lipinski definition) is 2. The number of ether oxygens (including phenoxy) is 1. The van der Waals surface area contributed by atoms with Gasteiger partial charge >= 0.3 is 6.09 Å². The summed E-state index contributed by atoms with van der Waals surface area (Å²) in [4.78, 5) is 28.1. The average molecular weight is 398 g/mol. The van der Waals surface area contributed by atoms with Crippen LogP contribution in [0.1, 0.15) is 32.2 Å². The van der Waals surface area contributed by atoms with Gasteiger partial charge in [-0.25, -0.2) is 14.8 Å². The number of nitrogens with one attached hydrogen (secondary N) is 2. The Balaban J connectivity index is 1.50. The van der Waals surface area contributed by atoms with Gasteiger partial charge in [0.25, 0.3) is 0 Å². The Morgan fingerprint density at radius 2 is 2.21 bits per heavy atom. The molecule has 1 amide bonds. The molecule has 2 unspecified atom stereocenters.